The van der Waals surface area contributed by atoms with Crippen LogP contribution in [0.4, 0.5) is 18.9 Å². The van der Waals surface area contributed by atoms with Crippen molar-refractivity contribution in [3.8, 4) is 0 Å². The molecule has 2 amide bonds. The number of rotatable bonds is 6. The van der Waals surface area contributed by atoms with Crippen molar-refractivity contribution in [1.82, 2.24) is 9.80 Å². The Balaban J connectivity index is 1.16. The summed E-state index contributed by atoms with van der Waals surface area (Å²) in [7, 11) is 1.31. The van der Waals surface area contributed by atoms with Crippen LogP contribution in [0.25, 0.3) is 0 Å². The van der Waals surface area contributed by atoms with E-state index < -0.39 is 35.3 Å². The lowest BCUT2D eigenvalue weighted by Gasteiger charge is -2.42. The standard InChI is InChI=1S/C32H37ClF3N3O5/c1-44-29(41)27-8-5-15-39(27)28(40)25-10-9-24(20-26(25)33)37-16-11-21(12-17-37)22-13-18-38(19-14-22)30(42)31(43,32(34,35)36)23-6-3-2-4-7-23/h2-4,6-7,9-10,20-22,27,43H,5,8,11-19H2,1H3. The Kier molecular flexibility index (Phi) is 9.46. The van der Waals surface area contributed by atoms with Gasteiger partial charge in [0, 0.05) is 44.0 Å². The van der Waals surface area contributed by atoms with Crippen LogP contribution in [0.2, 0.25) is 5.02 Å². The third-order valence-corrected chi connectivity index (χ3v) is 9.79. The van der Waals surface area contributed by atoms with Crippen molar-refractivity contribution in [2.75, 3.05) is 44.7 Å². The normalized spacial score (nSPS) is 21.7. The van der Waals surface area contributed by atoms with Gasteiger partial charge in [-0.1, -0.05) is 41.9 Å². The fraction of sp³-hybridized carbons (Fsp3) is 0.531. The molecule has 12 heteroatoms. The van der Waals surface area contributed by atoms with Gasteiger partial charge >= 0.3 is 12.1 Å². The number of aliphatic hydroxyl groups is 1. The zero-order valence-electron chi connectivity index (χ0n) is 24.6. The van der Waals surface area contributed by atoms with Crippen LogP contribution >= 0.6 is 11.6 Å². The molecule has 3 aliphatic heterocycles. The lowest BCUT2D eigenvalue weighted by Crippen LogP contribution is -2.57. The lowest BCUT2D eigenvalue weighted by molar-refractivity contribution is -0.262. The Morgan fingerprint density at radius 2 is 1.50 bits per heavy atom. The van der Waals surface area contributed by atoms with Gasteiger partial charge in [-0.25, -0.2) is 4.79 Å². The van der Waals surface area contributed by atoms with Gasteiger partial charge in [0.25, 0.3) is 17.4 Å². The summed E-state index contributed by atoms with van der Waals surface area (Å²) < 4.78 is 46.9. The maximum atomic E-state index is 14.0. The van der Waals surface area contributed by atoms with Gasteiger partial charge in [0.1, 0.15) is 6.04 Å². The average molecular weight is 636 g/mol. The molecule has 0 radical (unpaired) electrons. The minimum atomic E-state index is -5.15. The van der Waals surface area contributed by atoms with E-state index in [1.54, 1.807) is 12.1 Å². The Hall–Kier alpha value is -3.31. The van der Waals surface area contributed by atoms with E-state index in [-0.39, 0.29) is 24.9 Å². The number of hydrogen-bond acceptors (Lipinski definition) is 6. The second kappa shape index (κ2) is 13.0. The van der Waals surface area contributed by atoms with Crippen LogP contribution in [-0.4, -0.2) is 84.7 Å². The zero-order valence-corrected chi connectivity index (χ0v) is 25.3. The summed E-state index contributed by atoms with van der Waals surface area (Å²) in [6.07, 6.45) is -0.973. The number of alkyl halides is 3. The molecule has 238 valence electrons. The van der Waals surface area contributed by atoms with Crippen LogP contribution in [0.15, 0.2) is 48.5 Å². The number of benzene rings is 2. The second-order valence-corrected chi connectivity index (χ2v) is 12.3. The maximum Gasteiger partial charge on any atom is 0.430 e. The number of hydrogen-bond donors (Lipinski definition) is 1. The molecular formula is C32H37ClF3N3O5. The van der Waals surface area contributed by atoms with Crippen LogP contribution in [0.3, 0.4) is 0 Å². The van der Waals surface area contributed by atoms with E-state index in [1.807, 2.05) is 6.07 Å². The molecule has 3 fully saturated rings. The maximum absolute atomic E-state index is 14.0. The van der Waals surface area contributed by atoms with E-state index in [2.05, 4.69) is 4.90 Å². The van der Waals surface area contributed by atoms with Gasteiger partial charge in [-0.2, -0.15) is 13.2 Å². The predicted molar refractivity (Wildman–Crippen MR) is 158 cm³/mol. The number of anilines is 1. The van der Waals surface area contributed by atoms with Crippen LogP contribution < -0.4 is 4.90 Å². The number of amides is 2. The Bertz CT molecular complexity index is 1360. The van der Waals surface area contributed by atoms with E-state index >= 15 is 0 Å². The number of nitrogens with zero attached hydrogens (tertiary/aromatic N) is 3. The third kappa shape index (κ3) is 6.13. The number of carbonyl (C=O) groups excluding carboxylic acids is 3. The molecule has 5 rings (SSSR count). The third-order valence-electron chi connectivity index (χ3n) is 9.48. The second-order valence-electron chi connectivity index (χ2n) is 11.9. The Morgan fingerprint density at radius 3 is 2.07 bits per heavy atom. The van der Waals surface area contributed by atoms with E-state index in [0.29, 0.717) is 42.3 Å². The molecule has 8 nitrogen and oxygen atoms in total. The molecule has 0 aromatic heterocycles. The quantitative estimate of drug-likeness (QED) is 0.449. The predicted octanol–water partition coefficient (Wildman–Crippen LogP) is 5.02. The molecule has 2 unspecified atom stereocenters. The molecule has 1 N–H and O–H groups in total. The molecule has 3 saturated heterocycles. The van der Waals surface area contributed by atoms with Crippen molar-refractivity contribution in [3.63, 3.8) is 0 Å². The van der Waals surface area contributed by atoms with E-state index in [0.717, 1.165) is 55.1 Å². The van der Waals surface area contributed by atoms with Crippen molar-refractivity contribution in [2.24, 2.45) is 11.8 Å². The molecule has 44 heavy (non-hydrogen) atoms. The summed E-state index contributed by atoms with van der Waals surface area (Å²) >= 11 is 6.56. The zero-order chi connectivity index (χ0) is 31.6. The van der Waals surface area contributed by atoms with Crippen LogP contribution in [0.5, 0.6) is 0 Å². The number of piperidine rings is 2. The van der Waals surface area contributed by atoms with Crippen molar-refractivity contribution < 1.29 is 37.4 Å². The number of likely N-dealkylation sites (tertiary alicyclic amines) is 2. The molecule has 2 aromatic rings. The molecule has 3 aliphatic rings. The smallest absolute Gasteiger partial charge is 0.430 e. The van der Waals surface area contributed by atoms with E-state index in [4.69, 9.17) is 16.3 Å². The summed E-state index contributed by atoms with van der Waals surface area (Å²) in [5, 5.41) is 11.0. The Morgan fingerprint density at radius 1 is 0.886 bits per heavy atom. The minimum Gasteiger partial charge on any atom is -0.467 e. The first-order chi connectivity index (χ1) is 21.0. The molecule has 0 spiro atoms. The average Bonchev–Trinajstić information content (AvgIpc) is 3.53. The van der Waals surface area contributed by atoms with Crippen molar-refractivity contribution in [3.05, 3.63) is 64.7 Å². The number of halogens is 4. The molecular weight excluding hydrogens is 599 g/mol. The van der Waals surface area contributed by atoms with Gasteiger partial charge in [-0.15, -0.1) is 0 Å². The molecule has 2 atom stereocenters. The highest BCUT2D eigenvalue weighted by Gasteiger charge is 2.62. The largest absolute Gasteiger partial charge is 0.467 e. The first-order valence-electron chi connectivity index (χ1n) is 15.0. The summed E-state index contributed by atoms with van der Waals surface area (Å²) in [5.74, 6) is -1.42. The monoisotopic (exact) mass is 635 g/mol. The van der Waals surface area contributed by atoms with Gasteiger partial charge in [-0.3, -0.25) is 9.59 Å². The SMILES string of the molecule is COC(=O)C1CCCN1C(=O)c1ccc(N2CCC(C3CCN(C(=O)C(O)(c4ccccc4)C(F)(F)F)CC3)CC2)cc1Cl. The van der Waals surface area contributed by atoms with E-state index in [9.17, 15) is 32.7 Å². The van der Waals surface area contributed by atoms with Crippen LogP contribution in [0, 0.1) is 11.8 Å². The number of methoxy groups -OCH3 is 1. The van der Waals surface area contributed by atoms with Gasteiger partial charge in [0.15, 0.2) is 0 Å². The first kappa shape index (κ1) is 32.1. The molecule has 3 heterocycles. The van der Waals surface area contributed by atoms with Crippen molar-refractivity contribution >= 4 is 35.1 Å². The summed E-state index contributed by atoms with van der Waals surface area (Å²) in [4.78, 5) is 43.2. The molecule has 0 bridgehead atoms. The molecule has 2 aromatic carbocycles. The van der Waals surface area contributed by atoms with E-state index in [1.165, 1.54) is 30.2 Å². The summed E-state index contributed by atoms with van der Waals surface area (Å²) in [5.41, 5.74) is -2.83. The van der Waals surface area contributed by atoms with Gasteiger partial charge in [0.2, 0.25) is 0 Å². The van der Waals surface area contributed by atoms with Crippen LogP contribution in [0.1, 0.15) is 54.4 Å². The van der Waals surface area contributed by atoms with Crippen molar-refractivity contribution in [2.45, 2.75) is 56.3 Å². The first-order valence-corrected chi connectivity index (χ1v) is 15.4. The fourth-order valence-corrected chi connectivity index (χ4v) is 7.19. The summed E-state index contributed by atoms with van der Waals surface area (Å²) in [6.45, 7) is 2.30. The van der Waals surface area contributed by atoms with Crippen LogP contribution in [-0.2, 0) is 19.9 Å². The highest BCUT2D eigenvalue weighted by atomic mass is 35.5. The number of ether oxygens (including phenoxy) is 1. The summed E-state index contributed by atoms with van der Waals surface area (Å²) in [6, 6.07) is 11.3. The topological polar surface area (TPSA) is 90.4 Å². The lowest BCUT2D eigenvalue weighted by atomic mass is 9.78. The fourth-order valence-electron chi connectivity index (χ4n) is 6.94. The number of carbonyl (C=O) groups is 3. The molecule has 0 saturated carbocycles. The molecule has 0 aliphatic carbocycles. The highest BCUT2D eigenvalue weighted by molar-refractivity contribution is 6.34. The minimum absolute atomic E-state index is 0.161. The van der Waals surface area contributed by atoms with Gasteiger partial charge < -0.3 is 24.5 Å². The Labute approximate surface area is 259 Å². The van der Waals surface area contributed by atoms with Gasteiger partial charge in [-0.05, 0) is 68.6 Å². The number of esters is 1. The van der Waals surface area contributed by atoms with Gasteiger partial charge in [0.05, 0.1) is 17.7 Å². The van der Waals surface area contributed by atoms with Crippen molar-refractivity contribution in [1.29, 1.82) is 0 Å². The highest BCUT2D eigenvalue weighted by Crippen LogP contribution is 2.42.